The molecule has 3 heterocycles. The van der Waals surface area contributed by atoms with Crippen LogP contribution in [0.1, 0.15) is 26.3 Å². The number of thiocarbonyl (C=S) groups is 1. The third-order valence-electron chi connectivity index (χ3n) is 5.04. The molecule has 3 aliphatic heterocycles. The van der Waals surface area contributed by atoms with E-state index in [0.29, 0.717) is 55.2 Å². The fourth-order valence-electron chi connectivity index (χ4n) is 3.47. The first kappa shape index (κ1) is 21.4. The number of benzene rings is 1. The molecule has 0 spiro atoms. The van der Waals surface area contributed by atoms with Crippen LogP contribution in [0.25, 0.3) is 6.08 Å². The van der Waals surface area contributed by atoms with E-state index in [9.17, 15) is 9.59 Å². The first-order valence-corrected chi connectivity index (χ1v) is 10.5. The SMILES string of the molecule is CC(C)(C)OC(=O)N1CCN(CN2C(=O)/C(=C\c3ccc4c(c3)OCO4)NC2=S)CC1. The molecule has 10 heteroatoms. The van der Waals surface area contributed by atoms with Crippen molar-refractivity contribution in [2.75, 3.05) is 39.6 Å². The van der Waals surface area contributed by atoms with Crippen LogP contribution in [-0.2, 0) is 9.53 Å². The Balaban J connectivity index is 1.34. The maximum absolute atomic E-state index is 12.9. The second-order valence-corrected chi connectivity index (χ2v) is 8.95. The minimum Gasteiger partial charge on any atom is -0.454 e. The highest BCUT2D eigenvalue weighted by molar-refractivity contribution is 7.80. The second kappa shape index (κ2) is 8.35. The minimum absolute atomic E-state index is 0.183. The summed E-state index contributed by atoms with van der Waals surface area (Å²) in [5.74, 6) is 1.16. The molecule has 0 radical (unpaired) electrons. The highest BCUT2D eigenvalue weighted by Gasteiger charge is 2.33. The number of nitrogens with zero attached hydrogens (tertiary/aromatic N) is 3. The molecule has 4 rings (SSSR count). The van der Waals surface area contributed by atoms with E-state index in [-0.39, 0.29) is 18.8 Å². The highest BCUT2D eigenvalue weighted by atomic mass is 32.1. The fourth-order valence-corrected chi connectivity index (χ4v) is 3.72. The normalized spacial score (nSPS) is 20.4. The van der Waals surface area contributed by atoms with Gasteiger partial charge in [-0.15, -0.1) is 0 Å². The summed E-state index contributed by atoms with van der Waals surface area (Å²) in [7, 11) is 0. The van der Waals surface area contributed by atoms with Crippen LogP contribution in [0.5, 0.6) is 11.5 Å². The monoisotopic (exact) mass is 446 g/mol. The Hall–Kier alpha value is -2.85. The van der Waals surface area contributed by atoms with Gasteiger partial charge in [0.2, 0.25) is 6.79 Å². The van der Waals surface area contributed by atoms with E-state index in [1.807, 2.05) is 39.0 Å². The lowest BCUT2D eigenvalue weighted by molar-refractivity contribution is -0.124. The van der Waals surface area contributed by atoms with Crippen LogP contribution in [0.15, 0.2) is 23.9 Å². The Labute approximate surface area is 186 Å². The van der Waals surface area contributed by atoms with Gasteiger partial charge in [0.05, 0.1) is 6.67 Å². The molecular formula is C21H26N4O5S. The zero-order valence-electron chi connectivity index (χ0n) is 17.8. The van der Waals surface area contributed by atoms with Crippen molar-refractivity contribution in [3.05, 3.63) is 29.5 Å². The largest absolute Gasteiger partial charge is 0.454 e. The van der Waals surface area contributed by atoms with Gasteiger partial charge in [0.15, 0.2) is 16.6 Å². The van der Waals surface area contributed by atoms with Crippen molar-refractivity contribution in [3.8, 4) is 11.5 Å². The van der Waals surface area contributed by atoms with Crippen molar-refractivity contribution in [2.24, 2.45) is 0 Å². The minimum atomic E-state index is -0.519. The molecule has 2 fully saturated rings. The molecule has 0 bridgehead atoms. The summed E-state index contributed by atoms with van der Waals surface area (Å²) >= 11 is 5.38. The van der Waals surface area contributed by atoms with Gasteiger partial charge < -0.3 is 24.4 Å². The number of amides is 2. The molecule has 9 nitrogen and oxygen atoms in total. The Bertz CT molecular complexity index is 934. The summed E-state index contributed by atoms with van der Waals surface area (Å²) in [6.07, 6.45) is 1.44. The van der Waals surface area contributed by atoms with E-state index >= 15 is 0 Å². The molecule has 0 atom stereocenters. The molecule has 0 saturated carbocycles. The topological polar surface area (TPSA) is 83.6 Å². The standard InChI is InChI=1S/C21H26N4O5S/c1-21(2,3)30-20(27)24-8-6-23(7-9-24)12-25-18(26)15(22-19(25)31)10-14-4-5-16-17(11-14)29-13-28-16/h4-5,10-11H,6-9,12-13H2,1-3H3,(H,22,31)/b15-10+. The Morgan fingerprint density at radius 2 is 1.90 bits per heavy atom. The predicted molar refractivity (Wildman–Crippen MR) is 117 cm³/mol. The number of hydrogen-bond acceptors (Lipinski definition) is 7. The zero-order chi connectivity index (χ0) is 22.2. The first-order chi connectivity index (χ1) is 14.7. The van der Waals surface area contributed by atoms with Gasteiger partial charge in [-0.25, -0.2) is 4.79 Å². The van der Waals surface area contributed by atoms with Crippen LogP contribution in [0, 0.1) is 0 Å². The molecule has 1 N–H and O–H groups in total. The molecular weight excluding hydrogens is 420 g/mol. The van der Waals surface area contributed by atoms with Crippen LogP contribution in [0.4, 0.5) is 4.79 Å². The third-order valence-corrected chi connectivity index (χ3v) is 5.36. The van der Waals surface area contributed by atoms with Crippen LogP contribution in [0.2, 0.25) is 0 Å². The summed E-state index contributed by atoms with van der Waals surface area (Å²) in [5, 5.41) is 3.37. The van der Waals surface area contributed by atoms with Crippen molar-refractivity contribution in [1.82, 2.24) is 20.0 Å². The Morgan fingerprint density at radius 1 is 1.19 bits per heavy atom. The quantitative estimate of drug-likeness (QED) is 0.558. The lowest BCUT2D eigenvalue weighted by Crippen LogP contribution is -2.53. The number of carbonyl (C=O) groups is 2. The van der Waals surface area contributed by atoms with E-state index in [1.54, 1.807) is 11.0 Å². The fraction of sp³-hybridized carbons (Fsp3) is 0.476. The van der Waals surface area contributed by atoms with Gasteiger partial charge in [-0.05, 0) is 56.8 Å². The first-order valence-electron chi connectivity index (χ1n) is 10.1. The van der Waals surface area contributed by atoms with Crippen molar-refractivity contribution in [1.29, 1.82) is 0 Å². The van der Waals surface area contributed by atoms with Crippen LogP contribution in [0.3, 0.4) is 0 Å². The number of fused-ring (bicyclic) bond motifs is 1. The van der Waals surface area contributed by atoms with Gasteiger partial charge in [0.1, 0.15) is 11.3 Å². The van der Waals surface area contributed by atoms with Crippen molar-refractivity contribution < 1.29 is 23.8 Å². The number of ether oxygens (including phenoxy) is 3. The number of nitrogens with one attached hydrogen (secondary N) is 1. The van der Waals surface area contributed by atoms with Gasteiger partial charge in [0.25, 0.3) is 5.91 Å². The molecule has 0 aromatic heterocycles. The molecule has 0 unspecified atom stereocenters. The molecule has 2 saturated heterocycles. The molecule has 2 amide bonds. The number of carbonyl (C=O) groups excluding carboxylic acids is 2. The van der Waals surface area contributed by atoms with E-state index in [0.717, 1.165) is 5.56 Å². The van der Waals surface area contributed by atoms with Gasteiger partial charge in [0, 0.05) is 26.2 Å². The van der Waals surface area contributed by atoms with Gasteiger partial charge in [-0.3, -0.25) is 14.6 Å². The van der Waals surface area contributed by atoms with E-state index < -0.39 is 5.60 Å². The van der Waals surface area contributed by atoms with Gasteiger partial charge >= 0.3 is 6.09 Å². The summed E-state index contributed by atoms with van der Waals surface area (Å²) in [6.45, 7) is 8.46. The smallest absolute Gasteiger partial charge is 0.410 e. The van der Waals surface area contributed by atoms with E-state index in [4.69, 9.17) is 26.4 Å². The second-order valence-electron chi connectivity index (χ2n) is 8.56. The maximum Gasteiger partial charge on any atom is 0.410 e. The highest BCUT2D eigenvalue weighted by Crippen LogP contribution is 2.33. The van der Waals surface area contributed by atoms with Gasteiger partial charge in [-0.1, -0.05) is 6.07 Å². The summed E-state index contributed by atoms with van der Waals surface area (Å²) in [4.78, 5) is 30.4. The van der Waals surface area contributed by atoms with Crippen LogP contribution < -0.4 is 14.8 Å². The molecule has 1 aromatic carbocycles. The Kier molecular flexibility index (Phi) is 5.76. The predicted octanol–water partition coefficient (Wildman–Crippen LogP) is 1.98. The van der Waals surface area contributed by atoms with Crippen molar-refractivity contribution in [2.45, 2.75) is 26.4 Å². The number of piperazine rings is 1. The van der Waals surface area contributed by atoms with Crippen LogP contribution >= 0.6 is 12.2 Å². The molecule has 0 aliphatic carbocycles. The lowest BCUT2D eigenvalue weighted by Gasteiger charge is -2.36. The Morgan fingerprint density at radius 3 is 2.61 bits per heavy atom. The molecule has 166 valence electrons. The van der Waals surface area contributed by atoms with Gasteiger partial charge in [-0.2, -0.15) is 0 Å². The average Bonchev–Trinajstić information content (AvgIpc) is 3.27. The average molecular weight is 447 g/mol. The summed E-state index contributed by atoms with van der Waals surface area (Å²) in [5.41, 5.74) is 0.710. The number of rotatable bonds is 3. The maximum atomic E-state index is 12.9. The van der Waals surface area contributed by atoms with E-state index in [2.05, 4.69) is 10.2 Å². The number of hydrogen-bond donors (Lipinski definition) is 1. The van der Waals surface area contributed by atoms with Crippen molar-refractivity contribution >= 4 is 35.4 Å². The lowest BCUT2D eigenvalue weighted by atomic mass is 10.1. The molecule has 1 aromatic rings. The zero-order valence-corrected chi connectivity index (χ0v) is 18.7. The summed E-state index contributed by atoms with van der Waals surface area (Å²) in [6, 6.07) is 5.50. The van der Waals surface area contributed by atoms with E-state index in [1.165, 1.54) is 4.90 Å². The van der Waals surface area contributed by atoms with Crippen LogP contribution in [-0.4, -0.2) is 77.1 Å². The van der Waals surface area contributed by atoms with Crippen molar-refractivity contribution in [3.63, 3.8) is 0 Å². The summed E-state index contributed by atoms with van der Waals surface area (Å²) < 4.78 is 16.1. The molecule has 31 heavy (non-hydrogen) atoms. The third kappa shape index (κ3) is 4.91. The molecule has 3 aliphatic rings.